The van der Waals surface area contributed by atoms with Crippen LogP contribution in [0.1, 0.15) is 21.1 Å². The smallest absolute Gasteiger partial charge is 0.281 e. The van der Waals surface area contributed by atoms with Crippen molar-refractivity contribution in [2.75, 3.05) is 17.2 Å². The van der Waals surface area contributed by atoms with Gasteiger partial charge in [-0.3, -0.25) is 14.8 Å². The van der Waals surface area contributed by atoms with E-state index in [0.29, 0.717) is 32.4 Å². The third kappa shape index (κ3) is 5.41. The number of hydrogen-bond acceptors (Lipinski definition) is 9. The lowest BCUT2D eigenvalue weighted by atomic mass is 10.2. The fourth-order valence-corrected chi connectivity index (χ4v) is 3.35. The molecule has 0 bridgehead atoms. The molecule has 0 spiro atoms. The number of amides is 2. The highest BCUT2D eigenvalue weighted by atomic mass is 35.5. The summed E-state index contributed by atoms with van der Waals surface area (Å²) in [5.74, 6) is -0.162. The van der Waals surface area contributed by atoms with Gasteiger partial charge in [-0.05, 0) is 25.5 Å². The molecule has 0 aliphatic rings. The lowest BCUT2D eigenvalue weighted by Gasteiger charge is -2.09. The molecule has 3 aromatic rings. The standard InChI is InChI=1S/C18H17ClN6O4S/c1-9-4-3-5-11(19)16(9)24-17(27)12-7-20-18(30-12)23-13-6-15(22-10(2)21-13)29-8-14(26)25-28/h3-7,28H,8H2,1-2H3,(H,24,27)(H,25,26)(H,20,21,22,23). The van der Waals surface area contributed by atoms with Gasteiger partial charge in [0.2, 0.25) is 5.88 Å². The second kappa shape index (κ2) is 9.48. The molecule has 2 aromatic heterocycles. The molecule has 4 N–H and O–H groups in total. The molecule has 10 nitrogen and oxygen atoms in total. The van der Waals surface area contributed by atoms with Crippen molar-refractivity contribution in [2.24, 2.45) is 0 Å². The number of nitrogens with one attached hydrogen (secondary N) is 3. The lowest BCUT2D eigenvalue weighted by molar-refractivity contribution is -0.131. The Labute approximate surface area is 180 Å². The highest BCUT2D eigenvalue weighted by Crippen LogP contribution is 2.28. The predicted octanol–water partition coefficient (Wildman–Crippen LogP) is 3.08. The number of aromatic nitrogens is 3. The number of aryl methyl sites for hydroxylation is 2. The summed E-state index contributed by atoms with van der Waals surface area (Å²) < 4.78 is 5.19. The van der Waals surface area contributed by atoms with Crippen LogP contribution in [-0.4, -0.2) is 38.6 Å². The second-order valence-electron chi connectivity index (χ2n) is 6.00. The Morgan fingerprint density at radius 3 is 2.80 bits per heavy atom. The third-order valence-corrected chi connectivity index (χ3v) is 4.94. The first-order valence-electron chi connectivity index (χ1n) is 8.56. The van der Waals surface area contributed by atoms with Gasteiger partial charge in [-0.25, -0.2) is 15.4 Å². The highest BCUT2D eigenvalue weighted by molar-refractivity contribution is 7.17. The summed E-state index contributed by atoms with van der Waals surface area (Å²) in [5.41, 5.74) is 2.86. The SMILES string of the molecule is Cc1nc(Nc2ncc(C(=O)Nc3c(C)cccc3Cl)s2)cc(OCC(=O)NO)n1. The molecule has 0 unspecified atom stereocenters. The van der Waals surface area contributed by atoms with Gasteiger partial charge < -0.3 is 15.4 Å². The summed E-state index contributed by atoms with van der Waals surface area (Å²) in [5, 5.41) is 15.1. The summed E-state index contributed by atoms with van der Waals surface area (Å²) >= 11 is 7.28. The number of carbonyl (C=O) groups is 2. The third-order valence-electron chi connectivity index (χ3n) is 3.72. The Hall–Kier alpha value is -3.28. The summed E-state index contributed by atoms with van der Waals surface area (Å²) in [6.45, 7) is 3.09. The summed E-state index contributed by atoms with van der Waals surface area (Å²) in [7, 11) is 0. The Morgan fingerprint density at radius 2 is 2.07 bits per heavy atom. The molecule has 0 radical (unpaired) electrons. The van der Waals surface area contributed by atoms with E-state index in [-0.39, 0.29) is 11.8 Å². The van der Waals surface area contributed by atoms with E-state index in [1.807, 2.05) is 13.0 Å². The van der Waals surface area contributed by atoms with Gasteiger partial charge in [0.1, 0.15) is 16.5 Å². The summed E-state index contributed by atoms with van der Waals surface area (Å²) in [6.07, 6.45) is 1.44. The summed E-state index contributed by atoms with van der Waals surface area (Å²) in [6, 6.07) is 6.82. The molecule has 12 heteroatoms. The number of hydrogen-bond donors (Lipinski definition) is 4. The minimum atomic E-state index is -0.717. The van der Waals surface area contributed by atoms with Crippen LogP contribution in [-0.2, 0) is 4.79 Å². The maximum atomic E-state index is 12.5. The van der Waals surface area contributed by atoms with Gasteiger partial charge in [0, 0.05) is 6.07 Å². The Kier molecular flexibility index (Phi) is 6.77. The van der Waals surface area contributed by atoms with Crippen LogP contribution in [0.2, 0.25) is 5.02 Å². The molecule has 2 heterocycles. The molecule has 0 aliphatic carbocycles. The van der Waals surface area contributed by atoms with Crippen LogP contribution >= 0.6 is 22.9 Å². The van der Waals surface area contributed by atoms with Crippen LogP contribution in [0.3, 0.4) is 0 Å². The molecule has 2 amide bonds. The summed E-state index contributed by atoms with van der Waals surface area (Å²) in [4.78, 5) is 36.4. The number of anilines is 3. The Balaban J connectivity index is 1.70. The van der Waals surface area contributed by atoms with Crippen LogP contribution in [0.5, 0.6) is 5.88 Å². The van der Waals surface area contributed by atoms with Crippen molar-refractivity contribution in [3.05, 3.63) is 51.7 Å². The normalized spacial score (nSPS) is 10.4. The second-order valence-corrected chi connectivity index (χ2v) is 7.44. The number of nitrogens with zero attached hydrogens (tertiary/aromatic N) is 3. The molecular weight excluding hydrogens is 432 g/mol. The van der Waals surface area contributed by atoms with Gasteiger partial charge in [0.25, 0.3) is 11.8 Å². The van der Waals surface area contributed by atoms with Gasteiger partial charge in [-0.2, -0.15) is 4.98 Å². The number of thiazole rings is 1. The average molecular weight is 449 g/mol. The molecule has 0 fully saturated rings. The zero-order valence-corrected chi connectivity index (χ0v) is 17.5. The molecule has 156 valence electrons. The zero-order valence-electron chi connectivity index (χ0n) is 15.9. The number of ether oxygens (including phenoxy) is 1. The molecule has 0 aliphatic heterocycles. The largest absolute Gasteiger partial charge is 0.467 e. The van der Waals surface area contributed by atoms with Crippen molar-refractivity contribution in [2.45, 2.75) is 13.8 Å². The minimum Gasteiger partial charge on any atom is -0.467 e. The van der Waals surface area contributed by atoms with E-state index >= 15 is 0 Å². The first-order chi connectivity index (χ1) is 14.4. The number of hydroxylamine groups is 1. The first-order valence-corrected chi connectivity index (χ1v) is 9.76. The van der Waals surface area contributed by atoms with Crippen LogP contribution in [0.4, 0.5) is 16.6 Å². The van der Waals surface area contributed by atoms with Gasteiger partial charge in [-0.15, -0.1) is 0 Å². The van der Waals surface area contributed by atoms with Gasteiger partial charge in [-0.1, -0.05) is 35.1 Å². The quantitative estimate of drug-likeness (QED) is 0.319. The van der Waals surface area contributed by atoms with Crippen molar-refractivity contribution >= 4 is 51.4 Å². The maximum Gasteiger partial charge on any atom is 0.281 e. The fraction of sp³-hybridized carbons (Fsp3) is 0.167. The van der Waals surface area contributed by atoms with Crippen LogP contribution in [0, 0.1) is 13.8 Å². The Morgan fingerprint density at radius 1 is 1.27 bits per heavy atom. The van der Waals surface area contributed by atoms with Gasteiger partial charge in [0.05, 0.1) is 16.9 Å². The van der Waals surface area contributed by atoms with E-state index in [0.717, 1.165) is 16.9 Å². The molecule has 3 rings (SSSR count). The molecule has 30 heavy (non-hydrogen) atoms. The zero-order chi connectivity index (χ0) is 21.7. The topological polar surface area (TPSA) is 138 Å². The van der Waals surface area contributed by atoms with E-state index < -0.39 is 12.5 Å². The van der Waals surface area contributed by atoms with Crippen molar-refractivity contribution in [1.82, 2.24) is 20.4 Å². The molecule has 0 saturated heterocycles. The molecular formula is C18H17ClN6O4S. The van der Waals surface area contributed by atoms with Gasteiger partial charge in [0.15, 0.2) is 11.7 Å². The number of rotatable bonds is 7. The average Bonchev–Trinajstić information content (AvgIpc) is 3.17. The van der Waals surface area contributed by atoms with Crippen LogP contribution in [0.25, 0.3) is 0 Å². The van der Waals surface area contributed by atoms with Crippen LogP contribution < -0.4 is 20.9 Å². The molecule has 0 saturated carbocycles. The number of halogens is 1. The fourth-order valence-electron chi connectivity index (χ4n) is 2.36. The monoisotopic (exact) mass is 448 g/mol. The predicted molar refractivity (Wildman–Crippen MR) is 112 cm³/mol. The van der Waals surface area contributed by atoms with E-state index in [4.69, 9.17) is 21.5 Å². The Bertz CT molecular complexity index is 1070. The van der Waals surface area contributed by atoms with Crippen molar-refractivity contribution in [3.8, 4) is 5.88 Å². The number of carbonyl (C=O) groups excluding carboxylic acids is 2. The van der Waals surface area contributed by atoms with E-state index in [1.54, 1.807) is 19.1 Å². The molecule has 1 aromatic carbocycles. The lowest BCUT2D eigenvalue weighted by Crippen LogP contribution is -2.25. The van der Waals surface area contributed by atoms with Gasteiger partial charge >= 0.3 is 0 Å². The van der Waals surface area contributed by atoms with E-state index in [2.05, 4.69) is 25.6 Å². The van der Waals surface area contributed by atoms with E-state index in [1.165, 1.54) is 17.7 Å². The van der Waals surface area contributed by atoms with Crippen LogP contribution in [0.15, 0.2) is 30.5 Å². The van der Waals surface area contributed by atoms with Crippen molar-refractivity contribution in [1.29, 1.82) is 0 Å². The van der Waals surface area contributed by atoms with Crippen molar-refractivity contribution in [3.63, 3.8) is 0 Å². The number of benzene rings is 1. The molecule has 0 atom stereocenters. The van der Waals surface area contributed by atoms with E-state index in [9.17, 15) is 9.59 Å². The highest BCUT2D eigenvalue weighted by Gasteiger charge is 2.15. The minimum absolute atomic E-state index is 0.136. The number of para-hydroxylation sites is 1. The van der Waals surface area contributed by atoms with Crippen molar-refractivity contribution < 1.29 is 19.5 Å². The maximum absolute atomic E-state index is 12.5. The first kappa shape index (κ1) is 21.4.